The molecule has 1 aliphatic carbocycles. The van der Waals surface area contributed by atoms with Gasteiger partial charge in [0.15, 0.2) is 9.79 Å². The van der Waals surface area contributed by atoms with Crippen molar-refractivity contribution in [3.63, 3.8) is 0 Å². The molecule has 1 saturated carbocycles. The van der Waals surface area contributed by atoms with Crippen LogP contribution in [0.15, 0.2) is 46.2 Å². The molecular formula is C18H18N2O10S2. The van der Waals surface area contributed by atoms with Crippen molar-refractivity contribution >= 4 is 31.6 Å². The van der Waals surface area contributed by atoms with E-state index in [1.54, 1.807) is 0 Å². The van der Waals surface area contributed by atoms with Crippen LogP contribution in [0, 0.1) is 20.2 Å². The van der Waals surface area contributed by atoms with Crippen LogP contribution in [-0.4, -0.2) is 35.8 Å². The van der Waals surface area contributed by atoms with Crippen LogP contribution in [0.1, 0.15) is 48.6 Å². The van der Waals surface area contributed by atoms with Crippen LogP contribution in [0.2, 0.25) is 0 Å². The van der Waals surface area contributed by atoms with Gasteiger partial charge in [0.2, 0.25) is 0 Å². The molecule has 0 bridgehead atoms. The van der Waals surface area contributed by atoms with Gasteiger partial charge in [-0.2, -0.15) is 16.8 Å². The largest absolute Gasteiger partial charge is 0.301 e. The number of nitrogens with zero attached hydrogens (tertiary/aromatic N) is 2. The summed E-state index contributed by atoms with van der Waals surface area (Å²) in [6.45, 7) is 0. The summed E-state index contributed by atoms with van der Waals surface area (Å²) in [6, 6.07) is 7.08. The molecule has 2 N–H and O–H groups in total. The van der Waals surface area contributed by atoms with E-state index in [1.165, 1.54) is 24.3 Å². The molecular weight excluding hydrogens is 468 g/mol. The minimum absolute atomic E-state index is 0.0587. The van der Waals surface area contributed by atoms with Gasteiger partial charge in [-0.1, -0.05) is 30.7 Å². The number of nitro groups is 2. The van der Waals surface area contributed by atoms with Crippen molar-refractivity contribution in [1.29, 1.82) is 0 Å². The van der Waals surface area contributed by atoms with Gasteiger partial charge < -0.3 is 0 Å². The van der Waals surface area contributed by atoms with Gasteiger partial charge >= 0.3 is 20.2 Å². The maximum atomic E-state index is 11.6. The zero-order valence-corrected chi connectivity index (χ0v) is 18.0. The first-order chi connectivity index (χ1) is 14.8. The Bertz CT molecular complexity index is 1210. The fourth-order valence-corrected chi connectivity index (χ4v) is 5.67. The van der Waals surface area contributed by atoms with E-state index in [4.69, 9.17) is 0 Å². The van der Waals surface area contributed by atoms with Crippen LogP contribution >= 0.6 is 0 Å². The Morgan fingerprint density at radius 2 is 1.12 bits per heavy atom. The van der Waals surface area contributed by atoms with Gasteiger partial charge in [0.25, 0.3) is 11.4 Å². The molecule has 12 nitrogen and oxygen atoms in total. The molecule has 1 fully saturated rings. The van der Waals surface area contributed by atoms with E-state index in [-0.39, 0.29) is 17.5 Å². The third kappa shape index (κ3) is 4.62. The van der Waals surface area contributed by atoms with E-state index in [2.05, 4.69) is 0 Å². The third-order valence-corrected chi connectivity index (χ3v) is 7.31. The second kappa shape index (κ2) is 8.54. The highest BCUT2D eigenvalue weighted by Crippen LogP contribution is 2.47. The Kier molecular flexibility index (Phi) is 6.33. The van der Waals surface area contributed by atoms with Crippen molar-refractivity contribution in [2.45, 2.75) is 47.3 Å². The Morgan fingerprint density at radius 3 is 1.44 bits per heavy atom. The molecule has 2 aromatic carbocycles. The van der Waals surface area contributed by atoms with Crippen molar-refractivity contribution in [3.8, 4) is 0 Å². The van der Waals surface area contributed by atoms with Crippen LogP contribution in [0.3, 0.4) is 0 Å². The highest BCUT2D eigenvalue weighted by molar-refractivity contribution is 7.86. The average molecular weight is 486 g/mol. The quantitative estimate of drug-likeness (QED) is 0.347. The fourth-order valence-electron chi connectivity index (χ4n) is 4.30. The van der Waals surface area contributed by atoms with Gasteiger partial charge in [-0.3, -0.25) is 29.3 Å². The molecule has 0 radical (unpaired) electrons. The van der Waals surface area contributed by atoms with Crippen molar-refractivity contribution in [2.24, 2.45) is 0 Å². The topological polar surface area (TPSA) is 195 Å². The number of benzene rings is 2. The molecule has 2 unspecified atom stereocenters. The summed E-state index contributed by atoms with van der Waals surface area (Å²) in [5, 5.41) is 23.3. The minimum atomic E-state index is -4.87. The zero-order chi connectivity index (χ0) is 23.8. The second-order valence-corrected chi connectivity index (χ2v) is 10.2. The summed E-state index contributed by atoms with van der Waals surface area (Å²) < 4.78 is 65.3. The molecule has 2 aromatic rings. The van der Waals surface area contributed by atoms with Gasteiger partial charge in [0.05, 0.1) is 9.85 Å². The number of hydrogen-bond donors (Lipinski definition) is 2. The molecule has 2 atom stereocenters. The minimum Gasteiger partial charge on any atom is -0.282 e. The summed E-state index contributed by atoms with van der Waals surface area (Å²) in [4.78, 5) is 19.8. The first kappa shape index (κ1) is 23.7. The highest BCUT2D eigenvalue weighted by Gasteiger charge is 2.37. The molecule has 0 spiro atoms. The lowest BCUT2D eigenvalue weighted by molar-refractivity contribution is -0.389. The van der Waals surface area contributed by atoms with Gasteiger partial charge in [-0.15, -0.1) is 0 Å². The van der Waals surface area contributed by atoms with Crippen LogP contribution in [-0.2, 0) is 20.2 Å². The molecule has 0 amide bonds. The first-order valence-electron chi connectivity index (χ1n) is 9.32. The van der Waals surface area contributed by atoms with Crippen LogP contribution < -0.4 is 0 Å². The van der Waals surface area contributed by atoms with E-state index in [0.29, 0.717) is 19.3 Å². The third-order valence-electron chi connectivity index (χ3n) is 5.54. The van der Waals surface area contributed by atoms with Crippen LogP contribution in [0.25, 0.3) is 0 Å². The number of hydrogen-bond acceptors (Lipinski definition) is 8. The smallest absolute Gasteiger partial charge is 0.282 e. The van der Waals surface area contributed by atoms with E-state index in [9.17, 15) is 46.2 Å². The number of nitro benzene ring substituents is 2. The summed E-state index contributed by atoms with van der Waals surface area (Å²) in [6.07, 6.45) is 1.43. The molecule has 0 heterocycles. The SMILES string of the molecule is O=[N+]([O-])c1c(C2CCCC(c3cccc(S(=O)(=O)O)c3[N+](=O)[O-])C2)cccc1S(=O)(=O)O. The number of rotatable bonds is 6. The average Bonchev–Trinajstić information content (AvgIpc) is 2.71. The molecule has 0 saturated heterocycles. The summed E-state index contributed by atoms with van der Waals surface area (Å²) in [5.74, 6) is -1.16. The van der Waals surface area contributed by atoms with E-state index in [1.807, 2.05) is 0 Å². The normalized spacial score (nSPS) is 19.4. The van der Waals surface area contributed by atoms with Crippen molar-refractivity contribution in [1.82, 2.24) is 0 Å². The summed E-state index contributed by atoms with van der Waals surface area (Å²) >= 11 is 0. The van der Waals surface area contributed by atoms with Crippen LogP contribution in [0.5, 0.6) is 0 Å². The highest BCUT2D eigenvalue weighted by atomic mass is 32.2. The van der Waals surface area contributed by atoms with Gasteiger partial charge in [0, 0.05) is 11.1 Å². The second-order valence-electron chi connectivity index (χ2n) is 7.41. The molecule has 0 aliphatic heterocycles. The van der Waals surface area contributed by atoms with Crippen molar-refractivity contribution in [2.75, 3.05) is 0 Å². The molecule has 3 rings (SSSR count). The van der Waals surface area contributed by atoms with Crippen molar-refractivity contribution < 1.29 is 35.8 Å². The summed E-state index contributed by atoms with van der Waals surface area (Å²) in [7, 11) is -9.74. The fraction of sp³-hybridized carbons (Fsp3) is 0.333. The maximum absolute atomic E-state index is 11.6. The molecule has 1 aliphatic rings. The Labute approximate surface area is 182 Å². The Balaban J connectivity index is 2.10. The molecule has 32 heavy (non-hydrogen) atoms. The molecule has 14 heteroatoms. The number of para-hydroxylation sites is 2. The summed E-state index contributed by atoms with van der Waals surface area (Å²) in [5.41, 5.74) is -1.41. The predicted octanol–water partition coefficient (Wildman–Crippen LogP) is 3.44. The molecule has 172 valence electrons. The monoisotopic (exact) mass is 486 g/mol. The van der Waals surface area contributed by atoms with E-state index >= 15 is 0 Å². The van der Waals surface area contributed by atoms with Gasteiger partial charge in [-0.25, -0.2) is 0 Å². The zero-order valence-electron chi connectivity index (χ0n) is 16.3. The lowest BCUT2D eigenvalue weighted by atomic mass is 9.74. The lowest BCUT2D eigenvalue weighted by Gasteiger charge is -2.29. The Morgan fingerprint density at radius 1 is 0.750 bits per heavy atom. The van der Waals surface area contributed by atoms with E-state index < -0.39 is 63.1 Å². The van der Waals surface area contributed by atoms with Gasteiger partial charge in [-0.05, 0) is 43.2 Å². The lowest BCUT2D eigenvalue weighted by Crippen LogP contribution is -2.17. The maximum Gasteiger partial charge on any atom is 0.301 e. The Hall–Kier alpha value is -2.94. The standard InChI is InChI=1S/C18H18N2O10S2/c21-19(22)17-13(6-2-8-15(17)31(25,26)27)11-4-1-5-12(10-11)14-7-3-9-16(32(28,29)30)18(14)20(23)24/h2-3,6-9,11-12H,1,4-5,10H2,(H,25,26,27)(H,28,29,30). The van der Waals surface area contributed by atoms with E-state index in [0.717, 1.165) is 12.1 Å². The van der Waals surface area contributed by atoms with Crippen LogP contribution in [0.4, 0.5) is 11.4 Å². The van der Waals surface area contributed by atoms with Gasteiger partial charge in [0.1, 0.15) is 0 Å². The molecule has 0 aromatic heterocycles. The first-order valence-corrected chi connectivity index (χ1v) is 12.2. The predicted molar refractivity (Wildman–Crippen MR) is 110 cm³/mol. The van der Waals surface area contributed by atoms with Crippen molar-refractivity contribution in [3.05, 3.63) is 67.8 Å².